The number of hydrogen-bond donors (Lipinski definition) is 1. The van der Waals surface area contributed by atoms with Crippen molar-refractivity contribution < 1.29 is 9.59 Å². The van der Waals surface area contributed by atoms with Crippen LogP contribution in [-0.2, 0) is 11.3 Å². The molecule has 1 N–H and O–H groups in total. The number of rotatable bonds is 5. The molecule has 3 aromatic rings. The summed E-state index contributed by atoms with van der Waals surface area (Å²) in [6, 6.07) is 9.81. The first-order chi connectivity index (χ1) is 13.1. The lowest BCUT2D eigenvalue weighted by Crippen LogP contribution is -2.25. The van der Waals surface area contributed by atoms with E-state index >= 15 is 0 Å². The minimum Gasteiger partial charge on any atom is -0.347 e. The number of aromatic nitrogens is 1. The minimum absolute atomic E-state index is 0.117. The van der Waals surface area contributed by atoms with Crippen LogP contribution in [0, 0.1) is 6.92 Å². The average molecular weight is 398 g/mol. The van der Waals surface area contributed by atoms with Crippen molar-refractivity contribution >= 4 is 40.2 Å². The molecule has 0 aliphatic carbocycles. The van der Waals surface area contributed by atoms with Gasteiger partial charge in [0.25, 0.3) is 5.91 Å². The van der Waals surface area contributed by atoms with Crippen LogP contribution in [0.4, 0.5) is 5.69 Å². The van der Waals surface area contributed by atoms with Crippen LogP contribution in [0.1, 0.15) is 33.8 Å². The predicted molar refractivity (Wildman–Crippen MR) is 109 cm³/mol. The number of nitrogens with zero attached hydrogens (tertiary/aromatic N) is 2. The highest BCUT2D eigenvalue weighted by molar-refractivity contribution is 7.17. The number of carbonyl (C=O) groups is 2. The molecule has 1 aliphatic heterocycles. The molecule has 0 saturated carbocycles. The number of nitrogens with one attached hydrogen (secondary N) is 1. The molecule has 138 valence electrons. The molecule has 0 atom stereocenters. The molecular formula is C20H19N3O2S2. The molecule has 27 heavy (non-hydrogen) atoms. The maximum Gasteiger partial charge on any atom is 0.263 e. The number of anilines is 1. The monoisotopic (exact) mass is 397 g/mol. The highest BCUT2D eigenvalue weighted by Gasteiger charge is 2.22. The third kappa shape index (κ3) is 3.79. The largest absolute Gasteiger partial charge is 0.347 e. The predicted octanol–water partition coefficient (Wildman–Crippen LogP) is 4.24. The topological polar surface area (TPSA) is 62.3 Å². The van der Waals surface area contributed by atoms with E-state index in [-0.39, 0.29) is 11.8 Å². The lowest BCUT2D eigenvalue weighted by atomic mass is 10.2. The van der Waals surface area contributed by atoms with Crippen LogP contribution in [0.5, 0.6) is 0 Å². The summed E-state index contributed by atoms with van der Waals surface area (Å²) >= 11 is 3.03. The number of amides is 2. The fourth-order valence-electron chi connectivity index (χ4n) is 3.13. The summed E-state index contributed by atoms with van der Waals surface area (Å²) in [6.07, 6.45) is 1.51. The van der Waals surface area contributed by atoms with E-state index < -0.39 is 0 Å². The van der Waals surface area contributed by atoms with E-state index in [0.29, 0.717) is 17.8 Å². The Kier molecular flexibility index (Phi) is 5.05. The van der Waals surface area contributed by atoms with Gasteiger partial charge in [-0.3, -0.25) is 9.59 Å². The lowest BCUT2D eigenvalue weighted by Gasteiger charge is -2.16. The van der Waals surface area contributed by atoms with Crippen molar-refractivity contribution in [3.8, 4) is 10.6 Å². The van der Waals surface area contributed by atoms with E-state index in [0.717, 1.165) is 40.5 Å². The Morgan fingerprint density at radius 3 is 2.96 bits per heavy atom. The molecule has 0 spiro atoms. The van der Waals surface area contributed by atoms with Crippen LogP contribution in [0.3, 0.4) is 0 Å². The van der Waals surface area contributed by atoms with Gasteiger partial charge in [0.05, 0.1) is 5.69 Å². The second-order valence-electron chi connectivity index (χ2n) is 6.45. The third-order valence-electron chi connectivity index (χ3n) is 4.52. The zero-order valence-corrected chi connectivity index (χ0v) is 16.5. The molecule has 5 nitrogen and oxygen atoms in total. The summed E-state index contributed by atoms with van der Waals surface area (Å²) in [5.41, 5.74) is 3.67. The van der Waals surface area contributed by atoms with E-state index in [4.69, 9.17) is 0 Å². The van der Waals surface area contributed by atoms with Crippen molar-refractivity contribution in [3.63, 3.8) is 0 Å². The van der Waals surface area contributed by atoms with Crippen LogP contribution in [-0.4, -0.2) is 23.3 Å². The summed E-state index contributed by atoms with van der Waals surface area (Å²) in [6.45, 7) is 3.04. The van der Waals surface area contributed by atoms with E-state index in [1.807, 2.05) is 52.9 Å². The first-order valence-electron chi connectivity index (χ1n) is 8.79. The minimum atomic E-state index is -0.117. The molecular weight excluding hydrogens is 378 g/mol. The Hall–Kier alpha value is -2.51. The quantitative estimate of drug-likeness (QED) is 0.701. The van der Waals surface area contributed by atoms with Crippen molar-refractivity contribution in [2.24, 2.45) is 0 Å². The average Bonchev–Trinajstić information content (AvgIpc) is 3.40. The van der Waals surface area contributed by atoms with Crippen LogP contribution < -0.4 is 10.2 Å². The molecule has 4 rings (SSSR count). The molecule has 1 fully saturated rings. The number of benzene rings is 1. The Labute approximate surface area is 165 Å². The number of thiazole rings is 1. The maximum absolute atomic E-state index is 12.6. The van der Waals surface area contributed by atoms with Gasteiger partial charge in [0, 0.05) is 36.1 Å². The fraction of sp³-hybridized carbons (Fsp3) is 0.250. The highest BCUT2D eigenvalue weighted by Crippen LogP contribution is 2.29. The molecule has 7 heteroatoms. The number of hydrogen-bond acceptors (Lipinski definition) is 5. The van der Waals surface area contributed by atoms with Gasteiger partial charge in [-0.2, -0.15) is 11.3 Å². The SMILES string of the molecule is Cc1nc(-c2ccsc2)sc1C(=O)NCc1cccc(N2CCCC2=O)c1. The molecule has 2 aromatic heterocycles. The van der Waals surface area contributed by atoms with E-state index in [2.05, 4.69) is 10.3 Å². The number of carbonyl (C=O) groups excluding carboxylic acids is 2. The zero-order chi connectivity index (χ0) is 18.8. The molecule has 1 saturated heterocycles. The van der Waals surface area contributed by atoms with Crippen LogP contribution in [0.25, 0.3) is 10.6 Å². The van der Waals surface area contributed by atoms with Crippen LogP contribution in [0.15, 0.2) is 41.1 Å². The lowest BCUT2D eigenvalue weighted by molar-refractivity contribution is -0.117. The molecule has 2 amide bonds. The first kappa shape index (κ1) is 17.9. The summed E-state index contributed by atoms with van der Waals surface area (Å²) in [5.74, 6) is 0.0477. The molecule has 0 radical (unpaired) electrons. The third-order valence-corrected chi connectivity index (χ3v) is 6.41. The van der Waals surface area contributed by atoms with Gasteiger partial charge >= 0.3 is 0 Å². The standard InChI is InChI=1S/C20H19N3O2S2/c1-13-18(27-20(22-13)15-7-9-26-12-15)19(25)21-11-14-4-2-5-16(10-14)23-8-3-6-17(23)24/h2,4-5,7,9-10,12H,3,6,8,11H2,1H3,(H,21,25). The van der Waals surface area contributed by atoms with Crippen molar-refractivity contribution in [1.29, 1.82) is 0 Å². The van der Waals surface area contributed by atoms with Gasteiger partial charge in [0.15, 0.2) is 0 Å². The van der Waals surface area contributed by atoms with Crippen molar-refractivity contribution in [3.05, 3.63) is 57.2 Å². The maximum atomic E-state index is 12.6. The van der Waals surface area contributed by atoms with E-state index in [1.165, 1.54) is 11.3 Å². The van der Waals surface area contributed by atoms with Gasteiger partial charge in [0.2, 0.25) is 5.91 Å². The van der Waals surface area contributed by atoms with Gasteiger partial charge in [0.1, 0.15) is 9.88 Å². The van der Waals surface area contributed by atoms with Gasteiger partial charge < -0.3 is 10.2 Å². The molecule has 1 aliphatic rings. The first-order valence-corrected chi connectivity index (χ1v) is 10.6. The Morgan fingerprint density at radius 1 is 1.33 bits per heavy atom. The fourth-order valence-corrected chi connectivity index (χ4v) is 4.83. The van der Waals surface area contributed by atoms with Gasteiger partial charge in [-0.15, -0.1) is 11.3 Å². The number of aryl methyl sites for hydroxylation is 1. The second kappa shape index (κ2) is 7.62. The number of thiophene rings is 1. The smallest absolute Gasteiger partial charge is 0.263 e. The molecule has 0 bridgehead atoms. The second-order valence-corrected chi connectivity index (χ2v) is 8.23. The normalized spacial score (nSPS) is 14.0. The van der Waals surface area contributed by atoms with Gasteiger partial charge in [-0.25, -0.2) is 4.98 Å². The van der Waals surface area contributed by atoms with Gasteiger partial charge in [-0.05, 0) is 42.5 Å². The van der Waals surface area contributed by atoms with Crippen LogP contribution >= 0.6 is 22.7 Å². The Morgan fingerprint density at radius 2 is 2.22 bits per heavy atom. The van der Waals surface area contributed by atoms with Crippen molar-refractivity contribution in [2.75, 3.05) is 11.4 Å². The molecule has 0 unspecified atom stereocenters. The summed E-state index contributed by atoms with van der Waals surface area (Å²) < 4.78 is 0. The Balaban J connectivity index is 1.45. The van der Waals surface area contributed by atoms with Crippen LogP contribution in [0.2, 0.25) is 0 Å². The van der Waals surface area contributed by atoms with E-state index in [1.54, 1.807) is 11.3 Å². The highest BCUT2D eigenvalue weighted by atomic mass is 32.1. The van der Waals surface area contributed by atoms with Crippen molar-refractivity contribution in [2.45, 2.75) is 26.3 Å². The summed E-state index contributed by atoms with van der Waals surface area (Å²) in [7, 11) is 0. The summed E-state index contributed by atoms with van der Waals surface area (Å²) in [5, 5.41) is 7.88. The zero-order valence-electron chi connectivity index (χ0n) is 14.9. The molecule has 3 heterocycles. The Bertz CT molecular complexity index is 979. The summed E-state index contributed by atoms with van der Waals surface area (Å²) in [4.78, 5) is 31.5. The molecule has 1 aromatic carbocycles. The van der Waals surface area contributed by atoms with E-state index in [9.17, 15) is 9.59 Å². The van der Waals surface area contributed by atoms with Gasteiger partial charge in [-0.1, -0.05) is 12.1 Å². The van der Waals surface area contributed by atoms with Crippen molar-refractivity contribution in [1.82, 2.24) is 10.3 Å².